The second-order valence-electron chi connectivity index (χ2n) is 3.98. The average molecular weight is 206 g/mol. The highest BCUT2D eigenvalue weighted by molar-refractivity contribution is 5.17. The van der Waals surface area contributed by atoms with Gasteiger partial charge in [0.25, 0.3) is 0 Å². The van der Waals surface area contributed by atoms with Crippen molar-refractivity contribution >= 4 is 0 Å². The Kier molecular flexibility index (Phi) is 3.72. The summed E-state index contributed by atoms with van der Waals surface area (Å²) in [6.07, 6.45) is -0.357. The van der Waals surface area contributed by atoms with E-state index in [0.717, 1.165) is 38.3 Å². The quantitative estimate of drug-likeness (QED) is 0.761. The van der Waals surface area contributed by atoms with Gasteiger partial charge in [-0.1, -0.05) is 30.3 Å². The van der Waals surface area contributed by atoms with Gasteiger partial charge in [0.15, 0.2) is 0 Å². The third-order valence-corrected chi connectivity index (χ3v) is 2.83. The van der Waals surface area contributed by atoms with Gasteiger partial charge in [0.05, 0.1) is 6.10 Å². The van der Waals surface area contributed by atoms with Crippen LogP contribution in [0.2, 0.25) is 0 Å². The van der Waals surface area contributed by atoms with Crippen LogP contribution < -0.4 is 5.32 Å². The fraction of sp³-hybridized carbons (Fsp3) is 0.500. The molecule has 0 amide bonds. The Hall–Kier alpha value is -0.900. The summed E-state index contributed by atoms with van der Waals surface area (Å²) in [7, 11) is 0. The van der Waals surface area contributed by atoms with Crippen molar-refractivity contribution in [2.75, 3.05) is 32.7 Å². The predicted molar refractivity (Wildman–Crippen MR) is 60.7 cm³/mol. The van der Waals surface area contributed by atoms with Crippen LogP contribution >= 0.6 is 0 Å². The van der Waals surface area contributed by atoms with Crippen molar-refractivity contribution in [1.82, 2.24) is 10.2 Å². The van der Waals surface area contributed by atoms with Crippen LogP contribution in [0, 0.1) is 0 Å². The average Bonchev–Trinajstić information content (AvgIpc) is 2.31. The van der Waals surface area contributed by atoms with E-state index < -0.39 is 0 Å². The zero-order valence-electron chi connectivity index (χ0n) is 8.89. The largest absolute Gasteiger partial charge is 0.387 e. The van der Waals surface area contributed by atoms with Gasteiger partial charge in [-0.05, 0) is 5.56 Å². The molecule has 0 bridgehead atoms. The summed E-state index contributed by atoms with van der Waals surface area (Å²) in [6.45, 7) is 4.86. The van der Waals surface area contributed by atoms with Crippen LogP contribution in [0.25, 0.3) is 0 Å². The van der Waals surface area contributed by atoms with E-state index >= 15 is 0 Å². The second-order valence-corrected chi connectivity index (χ2v) is 3.98. The van der Waals surface area contributed by atoms with Gasteiger partial charge >= 0.3 is 0 Å². The Morgan fingerprint density at radius 1 is 1.20 bits per heavy atom. The topological polar surface area (TPSA) is 35.5 Å². The van der Waals surface area contributed by atoms with Crippen LogP contribution in [0.1, 0.15) is 11.7 Å². The van der Waals surface area contributed by atoms with Crippen molar-refractivity contribution < 1.29 is 5.11 Å². The van der Waals surface area contributed by atoms with E-state index in [1.165, 1.54) is 0 Å². The zero-order valence-corrected chi connectivity index (χ0v) is 8.89. The first-order valence-electron chi connectivity index (χ1n) is 5.52. The Morgan fingerprint density at radius 3 is 2.53 bits per heavy atom. The molecular weight excluding hydrogens is 188 g/mol. The Bertz CT molecular complexity index is 283. The van der Waals surface area contributed by atoms with E-state index in [4.69, 9.17) is 0 Å². The number of piperazine rings is 1. The van der Waals surface area contributed by atoms with Gasteiger partial charge in [-0.3, -0.25) is 4.90 Å². The highest BCUT2D eigenvalue weighted by Crippen LogP contribution is 2.13. The van der Waals surface area contributed by atoms with Crippen LogP contribution in [-0.4, -0.2) is 42.7 Å². The van der Waals surface area contributed by atoms with Crippen molar-refractivity contribution in [2.45, 2.75) is 6.10 Å². The van der Waals surface area contributed by atoms with Gasteiger partial charge in [0.1, 0.15) is 0 Å². The smallest absolute Gasteiger partial charge is 0.0916 e. The number of nitrogens with zero attached hydrogens (tertiary/aromatic N) is 1. The van der Waals surface area contributed by atoms with Crippen LogP contribution in [-0.2, 0) is 0 Å². The molecular formula is C12H18N2O. The summed E-state index contributed by atoms with van der Waals surface area (Å²) in [5.74, 6) is 0. The van der Waals surface area contributed by atoms with Gasteiger partial charge in [0.2, 0.25) is 0 Å². The van der Waals surface area contributed by atoms with E-state index in [0.29, 0.717) is 0 Å². The van der Waals surface area contributed by atoms with Crippen LogP contribution in [0.3, 0.4) is 0 Å². The Balaban J connectivity index is 1.88. The third-order valence-electron chi connectivity index (χ3n) is 2.83. The summed E-state index contributed by atoms with van der Waals surface area (Å²) < 4.78 is 0. The SMILES string of the molecule is O[C@H](CN1CCNCC1)c1ccccc1. The normalized spacial score (nSPS) is 20.1. The molecule has 1 saturated heterocycles. The Morgan fingerprint density at radius 2 is 1.87 bits per heavy atom. The first kappa shape index (κ1) is 10.6. The maximum atomic E-state index is 10.0. The number of hydrogen-bond acceptors (Lipinski definition) is 3. The maximum Gasteiger partial charge on any atom is 0.0916 e. The van der Waals surface area contributed by atoms with E-state index in [-0.39, 0.29) is 6.10 Å². The lowest BCUT2D eigenvalue weighted by molar-refractivity contribution is 0.105. The van der Waals surface area contributed by atoms with Gasteiger partial charge in [-0.25, -0.2) is 0 Å². The van der Waals surface area contributed by atoms with Crippen molar-refractivity contribution in [3.63, 3.8) is 0 Å². The molecule has 0 spiro atoms. The minimum Gasteiger partial charge on any atom is -0.387 e. The van der Waals surface area contributed by atoms with Crippen LogP contribution in [0.5, 0.6) is 0 Å². The molecule has 15 heavy (non-hydrogen) atoms. The number of benzene rings is 1. The van der Waals surface area contributed by atoms with E-state index in [1.54, 1.807) is 0 Å². The molecule has 0 aliphatic carbocycles. The molecule has 1 fully saturated rings. The molecule has 2 rings (SSSR count). The van der Waals surface area contributed by atoms with Gasteiger partial charge in [-0.2, -0.15) is 0 Å². The molecule has 3 nitrogen and oxygen atoms in total. The monoisotopic (exact) mass is 206 g/mol. The lowest BCUT2D eigenvalue weighted by atomic mass is 10.1. The van der Waals surface area contributed by atoms with Crippen molar-refractivity contribution in [1.29, 1.82) is 0 Å². The molecule has 0 radical (unpaired) electrons. The summed E-state index contributed by atoms with van der Waals surface area (Å²) >= 11 is 0. The molecule has 2 N–H and O–H groups in total. The minimum absolute atomic E-state index is 0.357. The molecule has 0 unspecified atom stereocenters. The molecule has 1 aromatic rings. The molecule has 1 aliphatic rings. The van der Waals surface area contributed by atoms with Crippen molar-refractivity contribution in [3.8, 4) is 0 Å². The molecule has 3 heteroatoms. The molecule has 1 aliphatic heterocycles. The highest BCUT2D eigenvalue weighted by atomic mass is 16.3. The van der Waals surface area contributed by atoms with E-state index in [1.807, 2.05) is 30.3 Å². The number of hydrogen-bond donors (Lipinski definition) is 2. The fourth-order valence-corrected chi connectivity index (χ4v) is 1.92. The number of β-amino-alcohol motifs (C(OH)–C–C–N with tert-alkyl or cyclic N) is 1. The first-order chi connectivity index (χ1) is 7.36. The summed E-state index contributed by atoms with van der Waals surface area (Å²) in [6, 6.07) is 9.87. The summed E-state index contributed by atoms with van der Waals surface area (Å²) in [5, 5.41) is 13.3. The molecule has 82 valence electrons. The maximum absolute atomic E-state index is 10.0. The predicted octanol–water partition coefficient (Wildman–Crippen LogP) is 0.625. The molecule has 0 aromatic heterocycles. The van der Waals surface area contributed by atoms with Crippen LogP contribution in [0.4, 0.5) is 0 Å². The molecule has 1 heterocycles. The lowest BCUT2D eigenvalue weighted by Crippen LogP contribution is -2.44. The van der Waals surface area contributed by atoms with E-state index in [2.05, 4.69) is 10.2 Å². The standard InChI is InChI=1S/C12H18N2O/c15-12(11-4-2-1-3-5-11)10-14-8-6-13-7-9-14/h1-5,12-13,15H,6-10H2/t12-/m1/s1. The third kappa shape index (κ3) is 3.02. The molecule has 1 atom stereocenters. The number of rotatable bonds is 3. The van der Waals surface area contributed by atoms with Crippen LogP contribution in [0.15, 0.2) is 30.3 Å². The minimum atomic E-state index is -0.357. The Labute approximate surface area is 90.7 Å². The fourth-order valence-electron chi connectivity index (χ4n) is 1.92. The number of aliphatic hydroxyl groups is 1. The van der Waals surface area contributed by atoms with Gasteiger partial charge < -0.3 is 10.4 Å². The van der Waals surface area contributed by atoms with Gasteiger partial charge in [0, 0.05) is 32.7 Å². The second kappa shape index (κ2) is 5.26. The van der Waals surface area contributed by atoms with Gasteiger partial charge in [-0.15, -0.1) is 0 Å². The lowest BCUT2D eigenvalue weighted by Gasteiger charge is -2.29. The van der Waals surface area contributed by atoms with Crippen molar-refractivity contribution in [2.24, 2.45) is 0 Å². The summed E-state index contributed by atoms with van der Waals surface area (Å²) in [5.41, 5.74) is 1.01. The molecule has 1 aromatic carbocycles. The van der Waals surface area contributed by atoms with E-state index in [9.17, 15) is 5.11 Å². The zero-order chi connectivity index (χ0) is 10.5. The number of nitrogens with one attached hydrogen (secondary N) is 1. The first-order valence-corrected chi connectivity index (χ1v) is 5.52. The number of aliphatic hydroxyl groups excluding tert-OH is 1. The molecule has 0 saturated carbocycles. The summed E-state index contributed by atoms with van der Waals surface area (Å²) in [4.78, 5) is 2.30. The highest BCUT2D eigenvalue weighted by Gasteiger charge is 2.14. The van der Waals surface area contributed by atoms with Crippen molar-refractivity contribution in [3.05, 3.63) is 35.9 Å².